The zero-order chi connectivity index (χ0) is 19.6. The average Bonchev–Trinajstić information content (AvgIpc) is 2.61. The van der Waals surface area contributed by atoms with E-state index in [1.165, 1.54) is 30.3 Å². The monoisotopic (exact) mass is 388 g/mol. The Morgan fingerprint density at radius 2 is 1.96 bits per heavy atom. The van der Waals surface area contributed by atoms with Crippen molar-refractivity contribution in [2.75, 3.05) is 11.5 Å². The number of carbonyl (C=O) groups excluding carboxylic acids is 3. The van der Waals surface area contributed by atoms with Crippen LogP contribution in [0.15, 0.2) is 48.0 Å². The molecule has 0 atom stereocenters. The van der Waals surface area contributed by atoms with Crippen LogP contribution in [0.2, 0.25) is 5.02 Å². The van der Waals surface area contributed by atoms with Gasteiger partial charge < -0.3 is 4.74 Å². The lowest BCUT2D eigenvalue weighted by Gasteiger charge is -2.26. The second-order valence-corrected chi connectivity index (χ2v) is 5.97. The van der Waals surface area contributed by atoms with Gasteiger partial charge in [0.05, 0.1) is 17.3 Å². The fourth-order valence-corrected chi connectivity index (χ4v) is 2.80. The second kappa shape index (κ2) is 7.59. The summed E-state index contributed by atoms with van der Waals surface area (Å²) in [5.41, 5.74) is 0.204. The molecule has 0 aromatic heterocycles. The van der Waals surface area contributed by atoms with Crippen molar-refractivity contribution in [3.05, 3.63) is 64.4 Å². The average molecular weight is 389 g/mol. The van der Waals surface area contributed by atoms with Crippen LogP contribution in [-0.4, -0.2) is 24.5 Å². The van der Waals surface area contributed by atoms with Crippen LogP contribution in [-0.2, 0) is 9.59 Å². The van der Waals surface area contributed by atoms with Gasteiger partial charge >= 0.3 is 6.03 Å². The van der Waals surface area contributed by atoms with Crippen LogP contribution in [0.1, 0.15) is 12.5 Å². The molecule has 1 fully saturated rings. The predicted molar refractivity (Wildman–Crippen MR) is 98.0 cm³/mol. The minimum Gasteiger partial charge on any atom is -0.492 e. The van der Waals surface area contributed by atoms with Gasteiger partial charge in [0.1, 0.15) is 17.1 Å². The number of anilines is 1. The molecule has 0 unspecified atom stereocenters. The van der Waals surface area contributed by atoms with Crippen molar-refractivity contribution in [3.8, 4) is 5.75 Å². The molecule has 6 nitrogen and oxygen atoms in total. The number of halogens is 2. The van der Waals surface area contributed by atoms with E-state index in [0.29, 0.717) is 27.8 Å². The first-order chi connectivity index (χ1) is 12.9. The molecule has 1 N–H and O–H groups in total. The van der Waals surface area contributed by atoms with E-state index in [9.17, 15) is 18.8 Å². The van der Waals surface area contributed by atoms with E-state index in [1.807, 2.05) is 6.92 Å². The van der Waals surface area contributed by atoms with Crippen molar-refractivity contribution in [3.63, 3.8) is 0 Å². The van der Waals surface area contributed by atoms with Gasteiger partial charge in [0.15, 0.2) is 0 Å². The quantitative estimate of drug-likeness (QED) is 0.642. The van der Waals surface area contributed by atoms with Gasteiger partial charge in [0, 0.05) is 0 Å². The number of urea groups is 1. The zero-order valence-electron chi connectivity index (χ0n) is 14.2. The molecule has 2 aromatic carbocycles. The summed E-state index contributed by atoms with van der Waals surface area (Å²) in [6.45, 7) is 2.25. The Morgan fingerprint density at radius 1 is 1.19 bits per heavy atom. The first-order valence-corrected chi connectivity index (χ1v) is 8.38. The lowest BCUT2D eigenvalue weighted by molar-refractivity contribution is -0.122. The number of amides is 4. The van der Waals surface area contributed by atoms with Gasteiger partial charge in [-0.15, -0.1) is 0 Å². The Morgan fingerprint density at radius 3 is 2.63 bits per heavy atom. The Bertz CT molecular complexity index is 974. The number of nitrogens with zero attached hydrogens (tertiary/aromatic N) is 1. The van der Waals surface area contributed by atoms with E-state index < -0.39 is 23.7 Å². The molecule has 0 aliphatic carbocycles. The van der Waals surface area contributed by atoms with Crippen molar-refractivity contribution in [2.24, 2.45) is 0 Å². The van der Waals surface area contributed by atoms with E-state index in [2.05, 4.69) is 5.32 Å². The number of carbonyl (C=O) groups is 3. The summed E-state index contributed by atoms with van der Waals surface area (Å²) in [7, 11) is 0. The number of rotatable bonds is 4. The molecule has 0 bridgehead atoms. The Labute approximate surface area is 159 Å². The zero-order valence-corrected chi connectivity index (χ0v) is 14.9. The summed E-state index contributed by atoms with van der Waals surface area (Å²) in [4.78, 5) is 37.6. The van der Waals surface area contributed by atoms with Gasteiger partial charge in [0.25, 0.3) is 11.8 Å². The number of hydrogen-bond acceptors (Lipinski definition) is 4. The molecule has 2 aromatic rings. The first-order valence-electron chi connectivity index (χ1n) is 8.00. The summed E-state index contributed by atoms with van der Waals surface area (Å²) in [5.74, 6) is -1.85. The maximum absolute atomic E-state index is 13.5. The van der Waals surface area contributed by atoms with E-state index in [4.69, 9.17) is 16.3 Å². The van der Waals surface area contributed by atoms with E-state index in [1.54, 1.807) is 12.1 Å². The molecule has 4 amide bonds. The minimum atomic E-state index is -0.947. The maximum Gasteiger partial charge on any atom is 0.335 e. The summed E-state index contributed by atoms with van der Waals surface area (Å²) >= 11 is 6.12. The standard InChI is InChI=1S/C19H14ClFN2O4/c1-2-27-16-7-6-11(9-15(16)20)8-14-17(24)22-19(26)23(18(14)25)13-5-3-4-12(21)10-13/h3-10H,2H2,1H3,(H,22,24,26)/b14-8+. The summed E-state index contributed by atoms with van der Waals surface area (Å²) < 4.78 is 18.8. The van der Waals surface area contributed by atoms with Gasteiger partial charge in [0.2, 0.25) is 0 Å². The Balaban J connectivity index is 1.98. The minimum absolute atomic E-state index is 0.0145. The van der Waals surface area contributed by atoms with Crippen LogP contribution in [0, 0.1) is 5.82 Å². The molecule has 1 aliphatic heterocycles. The highest BCUT2D eigenvalue weighted by molar-refractivity contribution is 6.39. The van der Waals surface area contributed by atoms with Gasteiger partial charge in [-0.05, 0) is 48.9 Å². The third-order valence-electron chi connectivity index (χ3n) is 3.73. The van der Waals surface area contributed by atoms with Crippen LogP contribution in [0.5, 0.6) is 5.75 Å². The smallest absolute Gasteiger partial charge is 0.335 e. The van der Waals surface area contributed by atoms with Crippen LogP contribution >= 0.6 is 11.6 Å². The van der Waals surface area contributed by atoms with Gasteiger partial charge in [-0.2, -0.15) is 0 Å². The van der Waals surface area contributed by atoms with Crippen molar-refractivity contribution >= 4 is 41.2 Å². The summed E-state index contributed by atoms with van der Waals surface area (Å²) in [6, 6.07) is 8.77. The first kappa shape index (κ1) is 18.6. The topological polar surface area (TPSA) is 75.7 Å². The number of nitrogens with one attached hydrogen (secondary N) is 1. The van der Waals surface area contributed by atoms with Crippen molar-refractivity contribution in [1.82, 2.24) is 5.32 Å². The molecule has 27 heavy (non-hydrogen) atoms. The highest BCUT2D eigenvalue weighted by Gasteiger charge is 2.36. The lowest BCUT2D eigenvalue weighted by Crippen LogP contribution is -2.54. The summed E-state index contributed by atoms with van der Waals surface area (Å²) in [5, 5.41) is 2.39. The van der Waals surface area contributed by atoms with Crippen LogP contribution in [0.4, 0.5) is 14.9 Å². The van der Waals surface area contributed by atoms with Gasteiger partial charge in [-0.25, -0.2) is 14.1 Å². The van der Waals surface area contributed by atoms with Crippen LogP contribution in [0.25, 0.3) is 6.08 Å². The molecule has 1 saturated heterocycles. The number of imide groups is 2. The number of hydrogen-bond donors (Lipinski definition) is 1. The SMILES string of the molecule is CCOc1ccc(/C=C2\C(=O)NC(=O)N(c3cccc(F)c3)C2=O)cc1Cl. The Hall–Kier alpha value is -3.19. The third kappa shape index (κ3) is 3.83. The summed E-state index contributed by atoms with van der Waals surface area (Å²) in [6.07, 6.45) is 1.30. The predicted octanol–water partition coefficient (Wildman–Crippen LogP) is 3.54. The maximum atomic E-state index is 13.5. The molecular formula is C19H14ClFN2O4. The van der Waals surface area contributed by atoms with E-state index >= 15 is 0 Å². The van der Waals surface area contributed by atoms with Crippen molar-refractivity contribution in [2.45, 2.75) is 6.92 Å². The largest absolute Gasteiger partial charge is 0.492 e. The number of barbiturate groups is 1. The number of ether oxygens (including phenoxy) is 1. The van der Waals surface area contributed by atoms with E-state index in [0.717, 1.165) is 6.07 Å². The fourth-order valence-electron chi connectivity index (χ4n) is 2.55. The third-order valence-corrected chi connectivity index (χ3v) is 4.03. The lowest BCUT2D eigenvalue weighted by atomic mass is 10.1. The molecular weight excluding hydrogens is 375 g/mol. The molecule has 3 rings (SSSR count). The Kier molecular flexibility index (Phi) is 5.23. The van der Waals surface area contributed by atoms with Crippen molar-refractivity contribution < 1.29 is 23.5 Å². The molecule has 0 radical (unpaired) electrons. The molecule has 1 aliphatic rings. The molecule has 0 saturated carbocycles. The highest BCUT2D eigenvalue weighted by atomic mass is 35.5. The highest BCUT2D eigenvalue weighted by Crippen LogP contribution is 2.28. The van der Waals surface area contributed by atoms with E-state index in [-0.39, 0.29) is 11.3 Å². The molecule has 138 valence electrons. The normalized spacial score (nSPS) is 15.9. The fraction of sp³-hybridized carbons (Fsp3) is 0.105. The van der Waals surface area contributed by atoms with Gasteiger partial charge in [-0.1, -0.05) is 23.7 Å². The number of benzene rings is 2. The van der Waals surface area contributed by atoms with Crippen molar-refractivity contribution in [1.29, 1.82) is 0 Å². The van der Waals surface area contributed by atoms with Crippen LogP contribution in [0.3, 0.4) is 0 Å². The molecule has 8 heteroatoms. The van der Waals surface area contributed by atoms with Gasteiger partial charge in [-0.3, -0.25) is 14.9 Å². The molecule has 1 heterocycles. The van der Waals surface area contributed by atoms with Crippen LogP contribution < -0.4 is 15.0 Å². The molecule has 0 spiro atoms. The second-order valence-electron chi connectivity index (χ2n) is 5.56.